The number of hydrogen-bond acceptors (Lipinski definition) is 4. The van der Waals surface area contributed by atoms with E-state index in [0.717, 1.165) is 19.3 Å². The van der Waals surface area contributed by atoms with E-state index in [0.29, 0.717) is 30.0 Å². The zero-order valence-electron chi connectivity index (χ0n) is 17.8. The number of sulfonamides is 1. The molecule has 31 heavy (non-hydrogen) atoms. The van der Waals surface area contributed by atoms with Crippen molar-refractivity contribution in [1.82, 2.24) is 4.31 Å². The quantitative estimate of drug-likeness (QED) is 0.773. The maximum Gasteiger partial charge on any atom is 0.247 e. The number of rotatable bonds is 5. The van der Waals surface area contributed by atoms with Crippen molar-refractivity contribution in [2.24, 2.45) is 0 Å². The molecule has 8 heteroatoms. The Morgan fingerprint density at radius 1 is 1.06 bits per heavy atom. The molecule has 2 heterocycles. The van der Waals surface area contributed by atoms with E-state index in [2.05, 4.69) is 12.2 Å². The summed E-state index contributed by atoms with van der Waals surface area (Å²) in [7, 11) is -3.56. The van der Waals surface area contributed by atoms with Crippen molar-refractivity contribution in [3.8, 4) is 0 Å². The van der Waals surface area contributed by atoms with Crippen LogP contribution in [0.1, 0.15) is 37.8 Å². The van der Waals surface area contributed by atoms with E-state index in [1.54, 1.807) is 12.1 Å². The van der Waals surface area contributed by atoms with Crippen LogP contribution in [0.25, 0.3) is 0 Å². The third-order valence-corrected chi connectivity index (χ3v) is 7.90. The SMILES string of the molecule is CCc1ccc(NC(=O)[C@H]2Cc3cc(S(=O)(=O)N4CCCC4)ccc3N2C(C)=O)cc1. The van der Waals surface area contributed by atoms with Gasteiger partial charge in [-0.15, -0.1) is 0 Å². The molecule has 2 aliphatic rings. The molecule has 2 aromatic carbocycles. The fourth-order valence-electron chi connectivity index (χ4n) is 4.31. The van der Waals surface area contributed by atoms with Crippen molar-refractivity contribution in [2.45, 2.75) is 50.5 Å². The minimum Gasteiger partial charge on any atom is -0.324 e. The summed E-state index contributed by atoms with van der Waals surface area (Å²) in [6.45, 7) is 4.54. The standard InChI is InChI=1S/C23H27N3O4S/c1-3-17-6-8-19(9-7-17)24-23(28)22-15-18-14-20(10-11-21(18)26(22)16(2)27)31(29,30)25-12-4-5-13-25/h6-11,14,22H,3-5,12-13,15H2,1-2H3,(H,24,28)/t22-/m1/s1. The Kier molecular flexibility index (Phi) is 5.85. The molecular formula is C23H27N3O4S. The molecule has 0 radical (unpaired) electrons. The van der Waals surface area contributed by atoms with E-state index < -0.39 is 16.1 Å². The molecule has 1 atom stereocenters. The van der Waals surface area contributed by atoms with Crippen LogP contribution in [0.5, 0.6) is 0 Å². The van der Waals surface area contributed by atoms with Crippen molar-refractivity contribution in [3.63, 3.8) is 0 Å². The normalized spacial score (nSPS) is 18.8. The van der Waals surface area contributed by atoms with E-state index in [4.69, 9.17) is 0 Å². The molecule has 0 aromatic heterocycles. The van der Waals surface area contributed by atoms with Crippen LogP contribution >= 0.6 is 0 Å². The topological polar surface area (TPSA) is 86.8 Å². The molecule has 7 nitrogen and oxygen atoms in total. The Bertz CT molecular complexity index is 1110. The van der Waals surface area contributed by atoms with Crippen LogP contribution in [0.2, 0.25) is 0 Å². The number of fused-ring (bicyclic) bond motifs is 1. The van der Waals surface area contributed by atoms with Gasteiger partial charge in [0, 0.05) is 37.8 Å². The zero-order valence-corrected chi connectivity index (χ0v) is 18.6. The van der Waals surface area contributed by atoms with Gasteiger partial charge in [-0.25, -0.2) is 8.42 Å². The second kappa shape index (κ2) is 8.43. The van der Waals surface area contributed by atoms with Gasteiger partial charge >= 0.3 is 0 Å². The van der Waals surface area contributed by atoms with E-state index in [-0.39, 0.29) is 23.1 Å². The highest BCUT2D eigenvalue weighted by Crippen LogP contribution is 2.35. The molecule has 1 saturated heterocycles. The lowest BCUT2D eigenvalue weighted by Crippen LogP contribution is -2.44. The highest BCUT2D eigenvalue weighted by molar-refractivity contribution is 7.89. The fraction of sp³-hybridized carbons (Fsp3) is 0.391. The number of carbonyl (C=O) groups excluding carboxylic acids is 2. The van der Waals surface area contributed by atoms with Crippen molar-refractivity contribution in [2.75, 3.05) is 23.3 Å². The first-order valence-corrected chi connectivity index (χ1v) is 12.1. The highest BCUT2D eigenvalue weighted by Gasteiger charge is 2.38. The van der Waals surface area contributed by atoms with Crippen LogP contribution < -0.4 is 10.2 Å². The summed E-state index contributed by atoms with van der Waals surface area (Å²) in [4.78, 5) is 27.1. The van der Waals surface area contributed by atoms with Crippen LogP contribution in [0.3, 0.4) is 0 Å². The van der Waals surface area contributed by atoms with Gasteiger partial charge in [0.25, 0.3) is 0 Å². The Balaban J connectivity index is 1.59. The molecule has 0 aliphatic carbocycles. The number of benzene rings is 2. The summed E-state index contributed by atoms with van der Waals surface area (Å²) in [6.07, 6.45) is 2.91. The fourth-order valence-corrected chi connectivity index (χ4v) is 5.88. The third kappa shape index (κ3) is 4.09. The van der Waals surface area contributed by atoms with E-state index in [9.17, 15) is 18.0 Å². The molecular weight excluding hydrogens is 414 g/mol. The Morgan fingerprint density at radius 3 is 2.35 bits per heavy atom. The van der Waals surface area contributed by atoms with E-state index in [1.807, 2.05) is 24.3 Å². The predicted molar refractivity (Wildman–Crippen MR) is 120 cm³/mol. The maximum absolute atomic E-state index is 13.0. The summed E-state index contributed by atoms with van der Waals surface area (Å²) >= 11 is 0. The van der Waals surface area contributed by atoms with Crippen LogP contribution in [0, 0.1) is 0 Å². The molecule has 0 bridgehead atoms. The number of aryl methyl sites for hydroxylation is 1. The minimum atomic E-state index is -3.56. The first kappa shape index (κ1) is 21.5. The first-order chi connectivity index (χ1) is 14.8. The van der Waals surface area contributed by atoms with Gasteiger partial charge in [0.1, 0.15) is 6.04 Å². The number of anilines is 2. The van der Waals surface area contributed by atoms with Gasteiger partial charge in [-0.05, 0) is 60.7 Å². The smallest absolute Gasteiger partial charge is 0.247 e. The largest absolute Gasteiger partial charge is 0.324 e. The molecule has 0 unspecified atom stereocenters. The molecule has 0 spiro atoms. The Morgan fingerprint density at radius 2 is 1.74 bits per heavy atom. The van der Waals surface area contributed by atoms with E-state index >= 15 is 0 Å². The lowest BCUT2D eigenvalue weighted by Gasteiger charge is -2.23. The number of amides is 2. The maximum atomic E-state index is 13.0. The van der Waals surface area contributed by atoms with Gasteiger partial charge in [-0.1, -0.05) is 19.1 Å². The Labute approximate surface area is 183 Å². The van der Waals surface area contributed by atoms with Crippen LogP contribution in [0.4, 0.5) is 11.4 Å². The lowest BCUT2D eigenvalue weighted by atomic mass is 10.1. The first-order valence-electron chi connectivity index (χ1n) is 10.6. The molecule has 164 valence electrons. The van der Waals surface area contributed by atoms with Crippen molar-refractivity contribution >= 4 is 33.2 Å². The highest BCUT2D eigenvalue weighted by atomic mass is 32.2. The van der Waals surface area contributed by atoms with Gasteiger partial charge in [0.2, 0.25) is 21.8 Å². The van der Waals surface area contributed by atoms with Gasteiger partial charge in [-0.3, -0.25) is 14.5 Å². The summed E-state index contributed by atoms with van der Waals surface area (Å²) < 4.78 is 27.3. The van der Waals surface area contributed by atoms with Gasteiger partial charge in [0.15, 0.2) is 0 Å². The summed E-state index contributed by atoms with van der Waals surface area (Å²) in [6, 6.07) is 11.7. The summed E-state index contributed by atoms with van der Waals surface area (Å²) in [5.74, 6) is -0.546. The zero-order chi connectivity index (χ0) is 22.2. The number of nitrogens with zero attached hydrogens (tertiary/aromatic N) is 2. The van der Waals surface area contributed by atoms with Crippen molar-refractivity contribution in [1.29, 1.82) is 0 Å². The van der Waals surface area contributed by atoms with Crippen molar-refractivity contribution in [3.05, 3.63) is 53.6 Å². The Hall–Kier alpha value is -2.71. The summed E-state index contributed by atoms with van der Waals surface area (Å²) in [5, 5.41) is 2.89. The number of nitrogens with one attached hydrogen (secondary N) is 1. The summed E-state index contributed by atoms with van der Waals surface area (Å²) in [5.41, 5.74) is 3.12. The van der Waals surface area contributed by atoms with Crippen LogP contribution in [0.15, 0.2) is 47.4 Å². The predicted octanol–water partition coefficient (Wildman–Crippen LogP) is 2.95. The second-order valence-electron chi connectivity index (χ2n) is 8.05. The van der Waals surface area contributed by atoms with Gasteiger partial charge < -0.3 is 5.32 Å². The molecule has 2 aromatic rings. The van der Waals surface area contributed by atoms with E-state index in [1.165, 1.54) is 27.8 Å². The monoisotopic (exact) mass is 441 g/mol. The van der Waals surface area contributed by atoms with Gasteiger partial charge in [0.05, 0.1) is 4.90 Å². The van der Waals surface area contributed by atoms with Gasteiger partial charge in [-0.2, -0.15) is 4.31 Å². The lowest BCUT2D eigenvalue weighted by molar-refractivity contribution is -0.122. The average Bonchev–Trinajstić information content (AvgIpc) is 3.42. The average molecular weight is 442 g/mol. The minimum absolute atomic E-state index is 0.216. The molecule has 2 aliphatic heterocycles. The second-order valence-corrected chi connectivity index (χ2v) is 9.99. The number of carbonyl (C=O) groups is 2. The third-order valence-electron chi connectivity index (χ3n) is 6.01. The van der Waals surface area contributed by atoms with Crippen LogP contribution in [-0.2, 0) is 32.5 Å². The molecule has 0 saturated carbocycles. The number of hydrogen-bond donors (Lipinski definition) is 1. The van der Waals surface area contributed by atoms with Crippen LogP contribution in [-0.4, -0.2) is 43.7 Å². The molecule has 4 rings (SSSR count). The molecule has 2 amide bonds. The van der Waals surface area contributed by atoms with Crippen molar-refractivity contribution < 1.29 is 18.0 Å². The molecule has 1 N–H and O–H groups in total. The molecule has 1 fully saturated rings.